The minimum absolute atomic E-state index is 0.0453. The third kappa shape index (κ3) is 4.79. The topological polar surface area (TPSA) is 134 Å². The summed E-state index contributed by atoms with van der Waals surface area (Å²) in [7, 11) is 0. The number of esters is 1. The molecule has 1 fully saturated rings. The van der Waals surface area contributed by atoms with Gasteiger partial charge in [-0.05, 0) is 43.4 Å². The third-order valence-electron chi connectivity index (χ3n) is 5.86. The standard InChI is InChI=1S/C24H27NO7/c1-4-5-14(9-13(3)26)22(24(30)32-23-18(27)6-7-19(23)28)16-10-15-12(2)8-21(29)31-20(15)11-17(16)25/h8,10-11,14,22-23H,4-7,9,25H2,1-3H3. The summed E-state index contributed by atoms with van der Waals surface area (Å²) in [5.41, 5.74) is 7.28. The van der Waals surface area contributed by atoms with Crippen LogP contribution in [0.5, 0.6) is 0 Å². The summed E-state index contributed by atoms with van der Waals surface area (Å²) in [6.07, 6.45) is 0.0238. The van der Waals surface area contributed by atoms with Crippen molar-refractivity contribution in [3.05, 3.63) is 39.7 Å². The number of anilines is 1. The Balaban J connectivity index is 2.12. The molecule has 1 heterocycles. The van der Waals surface area contributed by atoms with E-state index < -0.39 is 41.1 Å². The van der Waals surface area contributed by atoms with Crippen LogP contribution in [0.15, 0.2) is 27.4 Å². The van der Waals surface area contributed by atoms with Gasteiger partial charge in [-0.2, -0.15) is 0 Å². The highest BCUT2D eigenvalue weighted by molar-refractivity contribution is 6.12. The summed E-state index contributed by atoms with van der Waals surface area (Å²) in [4.78, 5) is 61.2. The molecule has 1 aliphatic carbocycles. The van der Waals surface area contributed by atoms with Crippen LogP contribution in [-0.4, -0.2) is 29.4 Å². The number of nitrogen functional groups attached to an aromatic ring is 1. The van der Waals surface area contributed by atoms with Gasteiger partial charge in [0.1, 0.15) is 11.4 Å². The molecular weight excluding hydrogens is 414 g/mol. The van der Waals surface area contributed by atoms with Crippen LogP contribution < -0.4 is 11.4 Å². The van der Waals surface area contributed by atoms with Crippen LogP contribution in [0.2, 0.25) is 0 Å². The van der Waals surface area contributed by atoms with Crippen LogP contribution in [0, 0.1) is 12.8 Å². The summed E-state index contributed by atoms with van der Waals surface area (Å²) in [5, 5.41) is 0.595. The van der Waals surface area contributed by atoms with E-state index in [-0.39, 0.29) is 36.3 Å². The van der Waals surface area contributed by atoms with Gasteiger partial charge >= 0.3 is 11.6 Å². The van der Waals surface area contributed by atoms with Crippen LogP contribution in [0.3, 0.4) is 0 Å². The number of fused-ring (bicyclic) bond motifs is 1. The van der Waals surface area contributed by atoms with Gasteiger partial charge in [-0.25, -0.2) is 4.79 Å². The number of ketones is 3. The van der Waals surface area contributed by atoms with Gasteiger partial charge in [0.25, 0.3) is 0 Å². The van der Waals surface area contributed by atoms with Crippen molar-refractivity contribution in [3.63, 3.8) is 0 Å². The quantitative estimate of drug-likeness (QED) is 0.286. The predicted molar refractivity (Wildman–Crippen MR) is 117 cm³/mol. The molecule has 2 N–H and O–H groups in total. The molecule has 0 aliphatic heterocycles. The van der Waals surface area contributed by atoms with Crippen molar-refractivity contribution < 1.29 is 28.3 Å². The van der Waals surface area contributed by atoms with Crippen molar-refractivity contribution in [1.29, 1.82) is 0 Å². The molecule has 0 radical (unpaired) electrons. The number of ether oxygens (including phenoxy) is 1. The highest BCUT2D eigenvalue weighted by Gasteiger charge is 2.40. The highest BCUT2D eigenvalue weighted by Crippen LogP contribution is 2.38. The zero-order valence-electron chi connectivity index (χ0n) is 18.4. The maximum absolute atomic E-state index is 13.3. The number of Topliss-reactive ketones (excluding diaryl/α,β-unsaturated/α-hetero) is 3. The molecule has 0 saturated heterocycles. The van der Waals surface area contributed by atoms with Gasteiger partial charge in [0, 0.05) is 42.5 Å². The fraction of sp³-hybridized carbons (Fsp3) is 0.458. The van der Waals surface area contributed by atoms with Gasteiger partial charge < -0.3 is 19.7 Å². The lowest BCUT2D eigenvalue weighted by Gasteiger charge is -2.27. The van der Waals surface area contributed by atoms with Crippen LogP contribution >= 0.6 is 0 Å². The second-order valence-electron chi connectivity index (χ2n) is 8.41. The van der Waals surface area contributed by atoms with E-state index in [1.807, 2.05) is 6.92 Å². The number of aryl methyl sites for hydroxylation is 1. The Bertz CT molecular complexity index is 1130. The van der Waals surface area contributed by atoms with Crippen LogP contribution in [0.1, 0.15) is 63.0 Å². The molecule has 170 valence electrons. The number of carbonyl (C=O) groups excluding carboxylic acids is 4. The van der Waals surface area contributed by atoms with Crippen LogP contribution in [-0.2, 0) is 23.9 Å². The molecule has 0 spiro atoms. The fourth-order valence-electron chi connectivity index (χ4n) is 4.38. The van der Waals surface area contributed by atoms with Gasteiger partial charge in [-0.1, -0.05) is 13.3 Å². The monoisotopic (exact) mass is 441 g/mol. The number of hydrogen-bond donors (Lipinski definition) is 1. The first kappa shape index (κ1) is 23.4. The van der Waals surface area contributed by atoms with Gasteiger partial charge in [-0.15, -0.1) is 0 Å². The normalized spacial score (nSPS) is 16.3. The molecule has 8 nitrogen and oxygen atoms in total. The molecular formula is C24H27NO7. The zero-order chi connectivity index (χ0) is 23.6. The predicted octanol–water partition coefficient (Wildman–Crippen LogP) is 3.01. The second kappa shape index (κ2) is 9.46. The average molecular weight is 441 g/mol. The van der Waals surface area contributed by atoms with Gasteiger partial charge in [0.05, 0.1) is 5.92 Å². The maximum atomic E-state index is 13.3. The molecule has 1 aromatic heterocycles. The molecule has 2 unspecified atom stereocenters. The van der Waals surface area contributed by atoms with Gasteiger partial charge in [0.2, 0.25) is 6.10 Å². The van der Waals surface area contributed by atoms with Gasteiger partial charge in [-0.3, -0.25) is 14.4 Å². The molecule has 8 heteroatoms. The van der Waals surface area contributed by atoms with E-state index >= 15 is 0 Å². The van der Waals surface area contributed by atoms with Crippen molar-refractivity contribution in [1.82, 2.24) is 0 Å². The summed E-state index contributed by atoms with van der Waals surface area (Å²) < 4.78 is 10.6. The summed E-state index contributed by atoms with van der Waals surface area (Å²) >= 11 is 0. The number of nitrogens with two attached hydrogens (primary N) is 1. The summed E-state index contributed by atoms with van der Waals surface area (Å²) in [6, 6.07) is 4.47. The lowest BCUT2D eigenvalue weighted by Crippen LogP contribution is -2.34. The van der Waals surface area contributed by atoms with E-state index in [0.29, 0.717) is 29.4 Å². The molecule has 1 saturated carbocycles. The number of carbonyl (C=O) groups is 4. The first-order chi connectivity index (χ1) is 15.1. The van der Waals surface area contributed by atoms with E-state index in [1.54, 1.807) is 13.0 Å². The van der Waals surface area contributed by atoms with Crippen LogP contribution in [0.25, 0.3) is 11.0 Å². The summed E-state index contributed by atoms with van der Waals surface area (Å²) in [6.45, 7) is 5.11. The Labute approximate surface area is 185 Å². The smallest absolute Gasteiger partial charge is 0.336 e. The van der Waals surface area contributed by atoms with Crippen molar-refractivity contribution in [2.45, 2.75) is 64.9 Å². The van der Waals surface area contributed by atoms with E-state index in [4.69, 9.17) is 14.9 Å². The summed E-state index contributed by atoms with van der Waals surface area (Å²) in [5.74, 6) is -3.12. The number of benzene rings is 1. The Hall–Kier alpha value is -3.29. The lowest BCUT2D eigenvalue weighted by molar-refractivity contribution is -0.160. The molecule has 2 atom stereocenters. The molecule has 0 amide bonds. The van der Waals surface area contributed by atoms with E-state index in [2.05, 4.69) is 0 Å². The number of rotatable bonds is 8. The van der Waals surface area contributed by atoms with Crippen molar-refractivity contribution in [3.8, 4) is 0 Å². The SMILES string of the molecule is CCCC(CC(C)=O)C(C(=O)OC1C(=O)CCC1=O)c1cc2c(C)cc(=O)oc2cc1N. The van der Waals surface area contributed by atoms with E-state index in [1.165, 1.54) is 19.1 Å². The van der Waals surface area contributed by atoms with Gasteiger partial charge in [0.15, 0.2) is 11.6 Å². The molecule has 32 heavy (non-hydrogen) atoms. The molecule has 3 rings (SSSR count). The van der Waals surface area contributed by atoms with E-state index in [9.17, 15) is 24.0 Å². The lowest BCUT2D eigenvalue weighted by atomic mass is 9.79. The van der Waals surface area contributed by atoms with Crippen molar-refractivity contribution in [2.75, 3.05) is 5.73 Å². The zero-order valence-corrected chi connectivity index (χ0v) is 18.4. The highest BCUT2D eigenvalue weighted by atomic mass is 16.6. The fourth-order valence-corrected chi connectivity index (χ4v) is 4.38. The molecule has 1 aromatic carbocycles. The Morgan fingerprint density at radius 3 is 2.41 bits per heavy atom. The average Bonchev–Trinajstić information content (AvgIpc) is 3.00. The Kier molecular flexibility index (Phi) is 6.91. The number of hydrogen-bond acceptors (Lipinski definition) is 8. The minimum Gasteiger partial charge on any atom is -0.446 e. The first-order valence-electron chi connectivity index (χ1n) is 10.7. The van der Waals surface area contributed by atoms with E-state index in [0.717, 1.165) is 0 Å². The largest absolute Gasteiger partial charge is 0.446 e. The van der Waals surface area contributed by atoms with Crippen LogP contribution in [0.4, 0.5) is 5.69 Å². The molecule has 0 bridgehead atoms. The van der Waals surface area contributed by atoms with Crippen molar-refractivity contribution in [2.24, 2.45) is 5.92 Å². The Morgan fingerprint density at radius 2 is 1.81 bits per heavy atom. The van der Waals surface area contributed by atoms with Crippen molar-refractivity contribution >= 4 is 40.0 Å². The first-order valence-corrected chi connectivity index (χ1v) is 10.7. The molecule has 1 aliphatic rings. The second-order valence-corrected chi connectivity index (χ2v) is 8.41. The minimum atomic E-state index is -1.41. The maximum Gasteiger partial charge on any atom is 0.336 e. The third-order valence-corrected chi connectivity index (χ3v) is 5.86. The molecule has 2 aromatic rings. The Morgan fingerprint density at radius 1 is 1.16 bits per heavy atom.